The van der Waals surface area contributed by atoms with Crippen molar-refractivity contribution in [3.05, 3.63) is 29.7 Å². The maximum Gasteiger partial charge on any atom is 0.355 e. The lowest BCUT2D eigenvalue weighted by molar-refractivity contribution is -0.137. The van der Waals surface area contributed by atoms with Crippen molar-refractivity contribution in [2.75, 3.05) is 14.2 Å². The van der Waals surface area contributed by atoms with E-state index in [-0.39, 0.29) is 22.8 Å². The first-order valence-electron chi connectivity index (χ1n) is 5.09. The number of furan rings is 1. The highest BCUT2D eigenvalue weighted by molar-refractivity contribution is 7.88. The van der Waals surface area contributed by atoms with Gasteiger partial charge in [-0.1, -0.05) is 0 Å². The van der Waals surface area contributed by atoms with Gasteiger partial charge in [-0.05, 0) is 12.1 Å². The number of ether oxygens (including phenoxy) is 1. The highest BCUT2D eigenvalue weighted by Crippen LogP contribution is 2.20. The third-order valence-electron chi connectivity index (χ3n) is 2.45. The first kappa shape index (κ1) is 13.4. The van der Waals surface area contributed by atoms with Crippen molar-refractivity contribution in [1.82, 2.24) is 4.31 Å². The van der Waals surface area contributed by atoms with Gasteiger partial charge in [-0.3, -0.25) is 0 Å². The van der Waals surface area contributed by atoms with Crippen LogP contribution in [-0.4, -0.2) is 46.4 Å². The van der Waals surface area contributed by atoms with E-state index < -0.39 is 16.2 Å². The van der Waals surface area contributed by atoms with Crippen LogP contribution in [0.4, 0.5) is 0 Å². The minimum Gasteiger partial charge on any atom is -0.471 e. The molecule has 0 aromatic carbocycles. The van der Waals surface area contributed by atoms with Gasteiger partial charge in [0.15, 0.2) is 13.6 Å². The van der Waals surface area contributed by atoms with Crippen LogP contribution in [0.2, 0.25) is 0 Å². The highest BCUT2D eigenvalue weighted by Gasteiger charge is 2.31. The topological polar surface area (TPSA) is 89.2 Å². The lowest BCUT2D eigenvalue weighted by Crippen LogP contribution is -2.33. The van der Waals surface area contributed by atoms with Crippen LogP contribution in [0, 0.1) is 0 Å². The van der Waals surface area contributed by atoms with Crippen LogP contribution in [0.25, 0.3) is 0 Å². The lowest BCUT2D eigenvalue weighted by Gasteiger charge is -2.21. The number of esters is 1. The Morgan fingerprint density at radius 1 is 1.47 bits per heavy atom. The van der Waals surface area contributed by atoms with Crippen LogP contribution in [-0.2, 0) is 19.7 Å². The largest absolute Gasteiger partial charge is 0.471 e. The van der Waals surface area contributed by atoms with E-state index in [9.17, 15) is 13.2 Å². The summed E-state index contributed by atoms with van der Waals surface area (Å²) in [6.45, 7) is 0. The molecular weight excluding hydrogens is 271 g/mol. The molecule has 2 rings (SSSR count). The van der Waals surface area contributed by atoms with Gasteiger partial charge in [-0.2, -0.15) is 8.42 Å². The SMILES string of the molecule is [B]c1ccc(C2=NS(=O)(=O)N(C)C(C(=O)OC)=C2)o1. The molecule has 0 aliphatic carbocycles. The van der Waals surface area contributed by atoms with Gasteiger partial charge < -0.3 is 9.15 Å². The molecule has 1 aliphatic heterocycles. The number of hydrogen-bond donors (Lipinski definition) is 0. The molecular formula is C10H9BN2O5S. The van der Waals surface area contributed by atoms with Crippen LogP contribution >= 0.6 is 0 Å². The Labute approximate surface area is 111 Å². The molecule has 19 heavy (non-hydrogen) atoms. The average Bonchev–Trinajstić information content (AvgIpc) is 2.78. The van der Waals surface area contributed by atoms with Crippen molar-refractivity contribution < 1.29 is 22.4 Å². The molecule has 0 fully saturated rings. The van der Waals surface area contributed by atoms with E-state index in [1.165, 1.54) is 25.3 Å². The summed E-state index contributed by atoms with van der Waals surface area (Å²) in [6.07, 6.45) is 1.26. The van der Waals surface area contributed by atoms with Crippen LogP contribution in [0.5, 0.6) is 0 Å². The molecule has 0 unspecified atom stereocenters. The van der Waals surface area contributed by atoms with Crippen molar-refractivity contribution in [3.8, 4) is 0 Å². The zero-order chi connectivity index (χ0) is 14.2. The van der Waals surface area contributed by atoms with Crippen molar-refractivity contribution in [3.63, 3.8) is 0 Å². The van der Waals surface area contributed by atoms with Crippen molar-refractivity contribution in [2.45, 2.75) is 0 Å². The van der Waals surface area contributed by atoms with Gasteiger partial charge in [0.2, 0.25) is 0 Å². The van der Waals surface area contributed by atoms with E-state index in [0.717, 1.165) is 11.4 Å². The lowest BCUT2D eigenvalue weighted by atomic mass is 10.1. The predicted molar refractivity (Wildman–Crippen MR) is 67.4 cm³/mol. The van der Waals surface area contributed by atoms with Crippen molar-refractivity contribution >= 4 is 35.4 Å². The summed E-state index contributed by atoms with van der Waals surface area (Å²) in [6, 6.07) is 2.91. The van der Waals surface area contributed by atoms with Crippen LogP contribution < -0.4 is 5.66 Å². The first-order valence-corrected chi connectivity index (χ1v) is 6.49. The zero-order valence-corrected chi connectivity index (χ0v) is 11.0. The molecule has 0 saturated carbocycles. The van der Waals surface area contributed by atoms with E-state index >= 15 is 0 Å². The molecule has 7 nitrogen and oxygen atoms in total. The van der Waals surface area contributed by atoms with E-state index in [4.69, 9.17) is 12.3 Å². The van der Waals surface area contributed by atoms with Gasteiger partial charge in [0.05, 0.1) is 7.11 Å². The molecule has 2 radical (unpaired) electrons. The number of hydrogen-bond acceptors (Lipinski definition) is 5. The van der Waals surface area contributed by atoms with Crippen LogP contribution in [0.15, 0.2) is 32.7 Å². The molecule has 0 bridgehead atoms. The molecule has 0 amide bonds. The molecule has 1 aliphatic rings. The summed E-state index contributed by atoms with van der Waals surface area (Å²) in [5.41, 5.74) is -0.0697. The normalized spacial score (nSPS) is 17.7. The summed E-state index contributed by atoms with van der Waals surface area (Å²) < 4.78 is 37.5. The molecule has 1 aromatic rings. The van der Waals surface area contributed by atoms with Gasteiger partial charge in [0, 0.05) is 18.8 Å². The van der Waals surface area contributed by atoms with Crippen LogP contribution in [0.1, 0.15) is 5.76 Å². The summed E-state index contributed by atoms with van der Waals surface area (Å²) >= 11 is 0. The monoisotopic (exact) mass is 280 g/mol. The molecule has 2 heterocycles. The molecule has 0 saturated heterocycles. The zero-order valence-electron chi connectivity index (χ0n) is 10.2. The van der Waals surface area contributed by atoms with Crippen molar-refractivity contribution in [1.29, 1.82) is 0 Å². The fourth-order valence-electron chi connectivity index (χ4n) is 1.46. The van der Waals surface area contributed by atoms with Gasteiger partial charge in [-0.25, -0.2) is 9.10 Å². The fourth-order valence-corrected chi connectivity index (χ4v) is 2.34. The Bertz CT molecular complexity index is 689. The summed E-state index contributed by atoms with van der Waals surface area (Å²) in [4.78, 5) is 11.5. The van der Waals surface area contributed by atoms with Gasteiger partial charge in [-0.15, -0.1) is 4.40 Å². The average molecular weight is 280 g/mol. The molecule has 0 N–H and O–H groups in total. The maximum atomic E-state index is 11.8. The van der Waals surface area contributed by atoms with Gasteiger partial charge in [0.1, 0.15) is 11.4 Å². The van der Waals surface area contributed by atoms with Gasteiger partial charge >= 0.3 is 16.2 Å². The molecule has 1 aromatic heterocycles. The standard InChI is InChI=1S/C10H9BN2O5S/c1-13-7(10(14)17-2)5-6(12-19(13,15)16)8-3-4-9(11)18-8/h3-5H,1-2H3. The van der Waals surface area contributed by atoms with Gasteiger partial charge in [0.25, 0.3) is 0 Å². The van der Waals surface area contributed by atoms with Crippen molar-refractivity contribution in [2.24, 2.45) is 4.40 Å². The Hall–Kier alpha value is -2.03. The summed E-state index contributed by atoms with van der Waals surface area (Å²) in [5.74, 6) is -0.645. The Morgan fingerprint density at radius 3 is 2.68 bits per heavy atom. The van der Waals surface area contributed by atoms with E-state index in [2.05, 4.69) is 9.13 Å². The minimum atomic E-state index is -4.00. The Kier molecular flexibility index (Phi) is 3.23. The number of rotatable bonds is 2. The van der Waals surface area contributed by atoms with E-state index in [0.29, 0.717) is 0 Å². The van der Waals surface area contributed by atoms with Crippen LogP contribution in [0.3, 0.4) is 0 Å². The number of allylic oxidation sites excluding steroid dienone is 1. The quantitative estimate of drug-likeness (QED) is 0.518. The van der Waals surface area contributed by atoms with E-state index in [1.807, 2.05) is 0 Å². The number of carbonyl (C=O) groups excluding carboxylic acids is 1. The maximum absolute atomic E-state index is 11.8. The summed E-state index contributed by atoms with van der Waals surface area (Å²) in [5, 5.41) is 0. The first-order chi connectivity index (χ1) is 8.85. The predicted octanol–water partition coefficient (Wildman–Crippen LogP) is -0.890. The Morgan fingerprint density at radius 2 is 2.16 bits per heavy atom. The number of methoxy groups -OCH3 is 1. The number of carbonyl (C=O) groups is 1. The highest BCUT2D eigenvalue weighted by atomic mass is 32.2. The molecule has 9 heteroatoms. The Balaban J connectivity index is 2.55. The second-order valence-corrected chi connectivity index (χ2v) is 5.27. The second kappa shape index (κ2) is 4.58. The molecule has 0 spiro atoms. The van der Waals surface area contributed by atoms with E-state index in [1.54, 1.807) is 0 Å². The molecule has 0 atom stereocenters. The molecule has 98 valence electrons. The third kappa shape index (κ3) is 2.41. The second-order valence-electron chi connectivity index (χ2n) is 3.65. The minimum absolute atomic E-state index is 0.0183. The number of likely N-dealkylation sites (N-methyl/N-ethyl adjacent to an activating group) is 1. The summed E-state index contributed by atoms with van der Waals surface area (Å²) in [7, 11) is 3.76. The smallest absolute Gasteiger partial charge is 0.355 e. The third-order valence-corrected chi connectivity index (χ3v) is 3.76. The number of nitrogens with zero attached hydrogens (tertiary/aromatic N) is 2. The fraction of sp³-hybridized carbons (Fsp3) is 0.200.